The second kappa shape index (κ2) is 9.82. The van der Waals surface area contributed by atoms with Crippen LogP contribution >= 0.6 is 11.3 Å². The normalized spacial score (nSPS) is 11.5. The molecule has 0 saturated carbocycles. The van der Waals surface area contributed by atoms with Gasteiger partial charge in [0.2, 0.25) is 0 Å². The fourth-order valence-electron chi connectivity index (χ4n) is 2.23. The Morgan fingerprint density at radius 1 is 1.23 bits per heavy atom. The van der Waals surface area contributed by atoms with E-state index < -0.39 is 5.97 Å². The molecule has 1 atom stereocenters. The fourth-order valence-corrected chi connectivity index (χ4v) is 2.97. The molecule has 2 rings (SSSR count). The molecule has 0 saturated heterocycles. The molecule has 26 heavy (non-hydrogen) atoms. The van der Waals surface area contributed by atoms with Gasteiger partial charge in [-0.15, -0.1) is 11.3 Å². The van der Waals surface area contributed by atoms with Crippen molar-refractivity contribution in [2.75, 3.05) is 20.3 Å². The van der Waals surface area contributed by atoms with Crippen molar-refractivity contribution in [3.05, 3.63) is 46.2 Å². The maximum Gasteiger partial charge on any atom is 0.338 e. The summed E-state index contributed by atoms with van der Waals surface area (Å²) in [6.45, 7) is 4.10. The lowest BCUT2D eigenvalue weighted by Gasteiger charge is -2.13. The number of carbonyl (C=O) groups excluding carboxylic acids is 2. The van der Waals surface area contributed by atoms with Crippen molar-refractivity contribution in [1.29, 1.82) is 0 Å². The van der Waals surface area contributed by atoms with Crippen molar-refractivity contribution in [1.82, 2.24) is 5.32 Å². The summed E-state index contributed by atoms with van der Waals surface area (Å²) in [5.41, 5.74) is 0.296. The predicted molar refractivity (Wildman–Crippen MR) is 99.9 cm³/mol. The Kier molecular flexibility index (Phi) is 7.47. The SMILES string of the molecule is CCCOc1ccc(C(=O)OCC(=O)N[C@@H](C)c2cccs2)cc1OC. The molecule has 0 radical (unpaired) electrons. The number of thiophene rings is 1. The van der Waals surface area contributed by atoms with Gasteiger partial charge in [0.05, 0.1) is 25.3 Å². The highest BCUT2D eigenvalue weighted by atomic mass is 32.1. The lowest BCUT2D eigenvalue weighted by Crippen LogP contribution is -2.30. The maximum absolute atomic E-state index is 12.2. The van der Waals surface area contributed by atoms with Crippen LogP contribution in [0.15, 0.2) is 35.7 Å². The zero-order chi connectivity index (χ0) is 18.9. The lowest BCUT2D eigenvalue weighted by atomic mass is 10.2. The van der Waals surface area contributed by atoms with E-state index in [1.807, 2.05) is 31.4 Å². The Morgan fingerprint density at radius 2 is 2.04 bits per heavy atom. The van der Waals surface area contributed by atoms with Gasteiger partial charge in [0.25, 0.3) is 5.91 Å². The topological polar surface area (TPSA) is 73.9 Å². The third-order valence-corrected chi connectivity index (χ3v) is 4.60. The highest BCUT2D eigenvalue weighted by molar-refractivity contribution is 7.10. The van der Waals surface area contributed by atoms with Crippen LogP contribution in [0.4, 0.5) is 0 Å². The number of rotatable bonds is 9. The number of esters is 1. The molecule has 1 aromatic heterocycles. The highest BCUT2D eigenvalue weighted by Gasteiger charge is 2.15. The molecular formula is C19H23NO5S. The van der Waals surface area contributed by atoms with Crippen LogP contribution in [0.2, 0.25) is 0 Å². The zero-order valence-corrected chi connectivity index (χ0v) is 15.9. The summed E-state index contributed by atoms with van der Waals surface area (Å²) < 4.78 is 15.9. The van der Waals surface area contributed by atoms with E-state index in [2.05, 4.69) is 5.32 Å². The second-order valence-electron chi connectivity index (χ2n) is 5.59. The highest BCUT2D eigenvalue weighted by Crippen LogP contribution is 2.28. The van der Waals surface area contributed by atoms with E-state index in [0.717, 1.165) is 11.3 Å². The molecule has 1 aromatic carbocycles. The number of benzene rings is 1. The molecule has 6 nitrogen and oxygen atoms in total. The van der Waals surface area contributed by atoms with E-state index in [4.69, 9.17) is 14.2 Å². The molecule has 2 aromatic rings. The van der Waals surface area contributed by atoms with Crippen molar-refractivity contribution in [3.63, 3.8) is 0 Å². The zero-order valence-electron chi connectivity index (χ0n) is 15.1. The fraction of sp³-hybridized carbons (Fsp3) is 0.368. The van der Waals surface area contributed by atoms with Crippen molar-refractivity contribution >= 4 is 23.2 Å². The minimum absolute atomic E-state index is 0.128. The van der Waals surface area contributed by atoms with Gasteiger partial charge >= 0.3 is 5.97 Å². The van der Waals surface area contributed by atoms with E-state index >= 15 is 0 Å². The van der Waals surface area contributed by atoms with Crippen LogP contribution in [0.25, 0.3) is 0 Å². The minimum atomic E-state index is -0.593. The Morgan fingerprint density at radius 3 is 2.69 bits per heavy atom. The Balaban J connectivity index is 1.89. The van der Waals surface area contributed by atoms with Gasteiger partial charge < -0.3 is 19.5 Å². The van der Waals surface area contributed by atoms with Crippen LogP contribution < -0.4 is 14.8 Å². The predicted octanol–water partition coefficient (Wildman–Crippen LogP) is 3.58. The smallest absolute Gasteiger partial charge is 0.338 e. The molecule has 1 N–H and O–H groups in total. The molecule has 0 aliphatic rings. The summed E-state index contributed by atoms with van der Waals surface area (Å²) in [6.07, 6.45) is 0.867. The summed E-state index contributed by atoms with van der Waals surface area (Å²) in [7, 11) is 1.50. The summed E-state index contributed by atoms with van der Waals surface area (Å²) in [5, 5.41) is 4.74. The van der Waals surface area contributed by atoms with Crippen molar-refractivity contribution < 1.29 is 23.8 Å². The molecular weight excluding hydrogens is 354 g/mol. The number of ether oxygens (including phenoxy) is 3. The molecule has 1 amide bonds. The van der Waals surface area contributed by atoms with Gasteiger partial charge in [-0.1, -0.05) is 13.0 Å². The van der Waals surface area contributed by atoms with Crippen LogP contribution in [0.1, 0.15) is 41.5 Å². The monoisotopic (exact) mass is 377 g/mol. The van der Waals surface area contributed by atoms with Crippen molar-refractivity contribution in [2.45, 2.75) is 26.3 Å². The second-order valence-corrected chi connectivity index (χ2v) is 6.57. The van der Waals surface area contributed by atoms with Crippen LogP contribution in [0, 0.1) is 0 Å². The number of hydrogen-bond acceptors (Lipinski definition) is 6. The number of hydrogen-bond donors (Lipinski definition) is 1. The summed E-state index contributed by atoms with van der Waals surface area (Å²) in [4.78, 5) is 25.2. The molecule has 0 fully saturated rings. The Hall–Kier alpha value is -2.54. The molecule has 0 unspecified atom stereocenters. The van der Waals surface area contributed by atoms with Crippen molar-refractivity contribution in [3.8, 4) is 11.5 Å². The minimum Gasteiger partial charge on any atom is -0.493 e. The van der Waals surface area contributed by atoms with Crippen molar-refractivity contribution in [2.24, 2.45) is 0 Å². The summed E-state index contributed by atoms with van der Waals surface area (Å²) in [6, 6.07) is 8.52. The molecule has 7 heteroatoms. The van der Waals surface area contributed by atoms with Gasteiger partial charge in [0, 0.05) is 4.88 Å². The van der Waals surface area contributed by atoms with Crippen LogP contribution in [-0.4, -0.2) is 32.2 Å². The van der Waals surface area contributed by atoms with E-state index in [-0.39, 0.29) is 18.6 Å². The van der Waals surface area contributed by atoms with Gasteiger partial charge in [0.15, 0.2) is 18.1 Å². The molecule has 0 aliphatic heterocycles. The number of methoxy groups -OCH3 is 1. The molecule has 0 aliphatic carbocycles. The van der Waals surface area contributed by atoms with E-state index in [1.54, 1.807) is 29.5 Å². The van der Waals surface area contributed by atoms with E-state index in [9.17, 15) is 9.59 Å². The lowest BCUT2D eigenvalue weighted by molar-refractivity contribution is -0.124. The Bertz CT molecular complexity index is 730. The standard InChI is InChI=1S/C19H23NO5S/c1-4-9-24-15-8-7-14(11-16(15)23-3)19(22)25-12-18(21)20-13(2)17-6-5-10-26-17/h5-8,10-11,13H,4,9,12H2,1-3H3,(H,20,21)/t13-/m0/s1. The van der Waals surface area contributed by atoms with Gasteiger partial charge in [-0.3, -0.25) is 4.79 Å². The molecule has 0 bridgehead atoms. The average Bonchev–Trinajstić information content (AvgIpc) is 3.19. The van der Waals surface area contributed by atoms with Crippen LogP contribution in [0.3, 0.4) is 0 Å². The third kappa shape index (κ3) is 5.49. The first-order valence-electron chi connectivity index (χ1n) is 8.35. The van der Waals surface area contributed by atoms with E-state index in [0.29, 0.717) is 23.7 Å². The molecule has 140 valence electrons. The number of nitrogens with one attached hydrogen (secondary N) is 1. The summed E-state index contributed by atoms with van der Waals surface area (Å²) >= 11 is 1.56. The van der Waals surface area contributed by atoms with Gasteiger partial charge in [-0.05, 0) is 43.0 Å². The van der Waals surface area contributed by atoms with Gasteiger partial charge in [0.1, 0.15) is 0 Å². The molecule has 0 spiro atoms. The maximum atomic E-state index is 12.2. The Labute approximate surface area is 157 Å². The van der Waals surface area contributed by atoms with Gasteiger partial charge in [-0.25, -0.2) is 4.79 Å². The van der Waals surface area contributed by atoms with Gasteiger partial charge in [-0.2, -0.15) is 0 Å². The van der Waals surface area contributed by atoms with Crippen LogP contribution in [-0.2, 0) is 9.53 Å². The first-order valence-corrected chi connectivity index (χ1v) is 9.23. The first-order chi connectivity index (χ1) is 12.5. The number of amides is 1. The molecule has 1 heterocycles. The average molecular weight is 377 g/mol. The quantitative estimate of drug-likeness (QED) is 0.676. The van der Waals surface area contributed by atoms with Crippen LogP contribution in [0.5, 0.6) is 11.5 Å². The van der Waals surface area contributed by atoms with E-state index in [1.165, 1.54) is 7.11 Å². The first kappa shape index (κ1) is 19.8. The third-order valence-electron chi connectivity index (χ3n) is 3.54. The number of carbonyl (C=O) groups is 2. The summed E-state index contributed by atoms with van der Waals surface area (Å²) in [5.74, 6) is 0.0652. The largest absolute Gasteiger partial charge is 0.493 e.